The summed E-state index contributed by atoms with van der Waals surface area (Å²) in [5.74, 6) is -1.72. The van der Waals surface area contributed by atoms with E-state index in [1.54, 1.807) is 32.0 Å². The molecule has 1 amide bonds. The standard InChI is InChI=1S/C15H15N5O3/c1-7-11(8(2)18-17-7)13(15(22)23)16-14(21)12-9-5-3-4-6-10(9)19-20-12/h3-6,13H,1-2H3,(H,16,21)(H,17,18)(H,19,20)(H,22,23)/t13-/m1/s1. The SMILES string of the molecule is Cc1n[nH]c(C)c1[C@@H](NC(=O)c1n[nH]c2ccccc12)C(=O)O. The van der Waals surface area contributed by atoms with Gasteiger partial charge in [0.25, 0.3) is 5.91 Å². The first kappa shape index (κ1) is 14.8. The van der Waals surface area contributed by atoms with E-state index in [4.69, 9.17) is 0 Å². The number of aliphatic carboxylic acids is 1. The molecule has 118 valence electrons. The van der Waals surface area contributed by atoms with Crippen LogP contribution in [0.25, 0.3) is 10.9 Å². The number of hydrogen-bond donors (Lipinski definition) is 4. The van der Waals surface area contributed by atoms with Gasteiger partial charge in [-0.3, -0.25) is 15.0 Å². The van der Waals surface area contributed by atoms with Gasteiger partial charge in [-0.25, -0.2) is 4.79 Å². The van der Waals surface area contributed by atoms with Gasteiger partial charge < -0.3 is 10.4 Å². The minimum atomic E-state index is -1.20. The lowest BCUT2D eigenvalue weighted by molar-refractivity contribution is -0.139. The van der Waals surface area contributed by atoms with Crippen molar-refractivity contribution in [3.05, 3.63) is 46.9 Å². The van der Waals surface area contributed by atoms with Gasteiger partial charge in [-0.2, -0.15) is 10.2 Å². The smallest absolute Gasteiger partial charge is 0.331 e. The molecular weight excluding hydrogens is 298 g/mol. The van der Waals surface area contributed by atoms with Gasteiger partial charge >= 0.3 is 5.97 Å². The number of nitrogens with one attached hydrogen (secondary N) is 3. The fourth-order valence-electron chi connectivity index (χ4n) is 2.58. The predicted octanol–water partition coefficient (Wildman–Crippen LogP) is 1.46. The molecule has 1 aromatic carbocycles. The Balaban J connectivity index is 1.95. The van der Waals surface area contributed by atoms with E-state index in [2.05, 4.69) is 25.7 Å². The van der Waals surface area contributed by atoms with Crippen LogP contribution in [-0.4, -0.2) is 37.4 Å². The lowest BCUT2D eigenvalue weighted by Crippen LogP contribution is -2.34. The molecule has 0 aliphatic carbocycles. The lowest BCUT2D eigenvalue weighted by atomic mass is 10.0. The van der Waals surface area contributed by atoms with Gasteiger partial charge in [-0.15, -0.1) is 0 Å². The Morgan fingerprint density at radius 1 is 1.17 bits per heavy atom. The summed E-state index contributed by atoms with van der Waals surface area (Å²) in [5.41, 5.74) is 2.45. The van der Waals surface area contributed by atoms with Crippen molar-refractivity contribution in [1.82, 2.24) is 25.7 Å². The zero-order chi connectivity index (χ0) is 16.6. The van der Waals surface area contributed by atoms with E-state index in [1.807, 2.05) is 6.07 Å². The molecule has 23 heavy (non-hydrogen) atoms. The number of para-hydroxylation sites is 1. The van der Waals surface area contributed by atoms with Crippen molar-refractivity contribution in [2.24, 2.45) is 0 Å². The monoisotopic (exact) mass is 313 g/mol. The van der Waals surface area contributed by atoms with Gasteiger partial charge in [-0.1, -0.05) is 18.2 Å². The number of aromatic amines is 2. The van der Waals surface area contributed by atoms with Crippen LogP contribution in [0.1, 0.15) is 33.5 Å². The summed E-state index contributed by atoms with van der Waals surface area (Å²) in [5, 5.41) is 26.1. The van der Waals surface area contributed by atoms with E-state index in [-0.39, 0.29) is 5.69 Å². The third-order valence-corrected chi connectivity index (χ3v) is 3.68. The van der Waals surface area contributed by atoms with Gasteiger partial charge in [0.2, 0.25) is 0 Å². The minimum absolute atomic E-state index is 0.158. The number of carbonyl (C=O) groups excluding carboxylic acids is 1. The van der Waals surface area contributed by atoms with Crippen LogP contribution in [0.3, 0.4) is 0 Å². The van der Waals surface area contributed by atoms with Crippen molar-refractivity contribution in [3.63, 3.8) is 0 Å². The van der Waals surface area contributed by atoms with Gasteiger partial charge in [0.15, 0.2) is 11.7 Å². The van der Waals surface area contributed by atoms with Crippen LogP contribution in [0.15, 0.2) is 24.3 Å². The first-order chi connectivity index (χ1) is 11.0. The Hall–Kier alpha value is -3.16. The summed E-state index contributed by atoms with van der Waals surface area (Å²) in [7, 11) is 0. The number of aryl methyl sites for hydroxylation is 2. The fraction of sp³-hybridized carbons (Fsp3) is 0.200. The molecular formula is C15H15N5O3. The number of fused-ring (bicyclic) bond motifs is 1. The Bertz CT molecular complexity index is 876. The number of benzene rings is 1. The van der Waals surface area contributed by atoms with Crippen LogP contribution in [0, 0.1) is 13.8 Å². The average molecular weight is 313 g/mol. The summed E-state index contributed by atoms with van der Waals surface area (Å²) in [6, 6.07) is 5.95. The number of aromatic nitrogens is 4. The van der Waals surface area contributed by atoms with E-state index in [9.17, 15) is 14.7 Å². The maximum absolute atomic E-state index is 12.5. The number of H-pyrrole nitrogens is 2. The number of carboxylic acids is 1. The molecule has 0 unspecified atom stereocenters. The summed E-state index contributed by atoms with van der Waals surface area (Å²) < 4.78 is 0. The topological polar surface area (TPSA) is 124 Å². The fourth-order valence-corrected chi connectivity index (χ4v) is 2.58. The van der Waals surface area contributed by atoms with Crippen molar-refractivity contribution in [1.29, 1.82) is 0 Å². The largest absolute Gasteiger partial charge is 0.479 e. The molecule has 8 nitrogen and oxygen atoms in total. The molecule has 2 heterocycles. The highest BCUT2D eigenvalue weighted by Crippen LogP contribution is 2.21. The van der Waals surface area contributed by atoms with Crippen molar-refractivity contribution in [2.75, 3.05) is 0 Å². The normalized spacial score (nSPS) is 12.3. The Morgan fingerprint density at radius 2 is 1.91 bits per heavy atom. The van der Waals surface area contributed by atoms with Gasteiger partial charge in [0.1, 0.15) is 0 Å². The maximum Gasteiger partial charge on any atom is 0.331 e. The van der Waals surface area contributed by atoms with E-state index in [0.29, 0.717) is 27.9 Å². The Kier molecular flexibility index (Phi) is 3.57. The summed E-state index contributed by atoms with van der Waals surface area (Å²) in [6.07, 6.45) is 0. The van der Waals surface area contributed by atoms with Gasteiger partial charge in [-0.05, 0) is 19.9 Å². The second-order valence-corrected chi connectivity index (χ2v) is 5.21. The Morgan fingerprint density at radius 3 is 2.57 bits per heavy atom. The van der Waals surface area contributed by atoms with Crippen molar-refractivity contribution >= 4 is 22.8 Å². The minimum Gasteiger partial charge on any atom is -0.479 e. The van der Waals surface area contributed by atoms with Gasteiger partial charge in [0.05, 0.1) is 11.2 Å². The van der Waals surface area contributed by atoms with Crippen LogP contribution in [0.4, 0.5) is 0 Å². The molecule has 3 aromatic rings. The first-order valence-corrected chi connectivity index (χ1v) is 6.97. The molecule has 3 rings (SSSR count). The summed E-state index contributed by atoms with van der Waals surface area (Å²) in [6.45, 7) is 3.40. The van der Waals surface area contributed by atoms with Gasteiger partial charge in [0, 0.05) is 16.6 Å². The third kappa shape index (κ3) is 2.54. The molecule has 0 aliphatic heterocycles. The number of rotatable bonds is 4. The maximum atomic E-state index is 12.5. The molecule has 0 saturated carbocycles. The molecule has 8 heteroatoms. The van der Waals surface area contributed by atoms with Crippen molar-refractivity contribution in [3.8, 4) is 0 Å². The van der Waals surface area contributed by atoms with E-state index in [0.717, 1.165) is 0 Å². The Labute approximate surface area is 130 Å². The average Bonchev–Trinajstić information content (AvgIpc) is 3.09. The van der Waals surface area contributed by atoms with E-state index >= 15 is 0 Å². The lowest BCUT2D eigenvalue weighted by Gasteiger charge is -2.14. The highest BCUT2D eigenvalue weighted by molar-refractivity contribution is 6.05. The van der Waals surface area contributed by atoms with Crippen molar-refractivity contribution in [2.45, 2.75) is 19.9 Å². The van der Waals surface area contributed by atoms with Crippen LogP contribution in [0.5, 0.6) is 0 Å². The molecule has 0 radical (unpaired) electrons. The zero-order valence-electron chi connectivity index (χ0n) is 12.5. The number of nitrogens with zero attached hydrogens (tertiary/aromatic N) is 2. The molecule has 0 saturated heterocycles. The number of carbonyl (C=O) groups is 2. The second-order valence-electron chi connectivity index (χ2n) is 5.21. The number of hydrogen-bond acceptors (Lipinski definition) is 4. The molecule has 0 spiro atoms. The van der Waals surface area contributed by atoms with E-state index in [1.165, 1.54) is 0 Å². The van der Waals surface area contributed by atoms with Crippen LogP contribution < -0.4 is 5.32 Å². The quantitative estimate of drug-likeness (QED) is 0.580. The number of amides is 1. The van der Waals surface area contributed by atoms with Crippen LogP contribution in [0.2, 0.25) is 0 Å². The predicted molar refractivity (Wildman–Crippen MR) is 82.0 cm³/mol. The second kappa shape index (κ2) is 5.56. The highest BCUT2D eigenvalue weighted by Gasteiger charge is 2.28. The zero-order valence-corrected chi connectivity index (χ0v) is 12.5. The van der Waals surface area contributed by atoms with Crippen LogP contribution in [-0.2, 0) is 4.79 Å². The molecule has 0 bridgehead atoms. The van der Waals surface area contributed by atoms with Crippen molar-refractivity contribution < 1.29 is 14.7 Å². The molecule has 0 aliphatic rings. The van der Waals surface area contributed by atoms with Crippen LogP contribution >= 0.6 is 0 Å². The summed E-state index contributed by atoms with van der Waals surface area (Å²) in [4.78, 5) is 24.1. The number of carboxylic acid groups (broad SMARTS) is 1. The molecule has 4 N–H and O–H groups in total. The molecule has 2 aromatic heterocycles. The first-order valence-electron chi connectivity index (χ1n) is 6.97. The molecule has 1 atom stereocenters. The molecule has 0 fully saturated rings. The van der Waals surface area contributed by atoms with E-state index < -0.39 is 17.9 Å². The highest BCUT2D eigenvalue weighted by atomic mass is 16.4. The summed E-state index contributed by atoms with van der Waals surface area (Å²) >= 11 is 0. The third-order valence-electron chi connectivity index (χ3n) is 3.68.